The van der Waals surface area contributed by atoms with Gasteiger partial charge in [0.05, 0.1) is 11.5 Å². The van der Waals surface area contributed by atoms with Gasteiger partial charge in [0, 0.05) is 25.4 Å². The Morgan fingerprint density at radius 2 is 1.95 bits per heavy atom. The van der Waals surface area contributed by atoms with Gasteiger partial charge in [-0.3, -0.25) is 4.79 Å². The van der Waals surface area contributed by atoms with Crippen LogP contribution in [0.1, 0.15) is 37.3 Å². The monoisotopic (exact) mass is 309 g/mol. The standard InChI is InChI=1S/C16H23NO3S/c1-12(2)14-5-3-13(4-6-14)9-16(18)10-15-11-21(19,20)8-7-17-15/h3-6,12,15,17H,7-11H2,1-2H3. The average molecular weight is 309 g/mol. The first-order valence-electron chi connectivity index (χ1n) is 7.40. The maximum atomic E-state index is 12.1. The van der Waals surface area contributed by atoms with E-state index in [-0.39, 0.29) is 29.8 Å². The molecule has 0 radical (unpaired) electrons. The quantitative estimate of drug-likeness (QED) is 0.899. The van der Waals surface area contributed by atoms with E-state index >= 15 is 0 Å². The molecule has 1 saturated heterocycles. The first-order valence-corrected chi connectivity index (χ1v) is 9.22. The smallest absolute Gasteiger partial charge is 0.153 e. The molecule has 21 heavy (non-hydrogen) atoms. The normalized spacial score (nSPS) is 21.4. The van der Waals surface area contributed by atoms with Crippen molar-refractivity contribution in [2.45, 2.75) is 38.6 Å². The molecule has 0 saturated carbocycles. The maximum absolute atomic E-state index is 12.1. The lowest BCUT2D eigenvalue weighted by Gasteiger charge is -2.23. The van der Waals surface area contributed by atoms with Crippen LogP contribution in [-0.2, 0) is 21.1 Å². The largest absolute Gasteiger partial charge is 0.312 e. The van der Waals surface area contributed by atoms with Gasteiger partial charge in [0.2, 0.25) is 0 Å². The van der Waals surface area contributed by atoms with Crippen LogP contribution < -0.4 is 5.32 Å². The van der Waals surface area contributed by atoms with Crippen molar-refractivity contribution in [2.24, 2.45) is 0 Å². The maximum Gasteiger partial charge on any atom is 0.153 e. The first-order chi connectivity index (χ1) is 9.85. The lowest BCUT2D eigenvalue weighted by molar-refractivity contribution is -0.118. The van der Waals surface area contributed by atoms with Crippen molar-refractivity contribution in [3.63, 3.8) is 0 Å². The third-order valence-electron chi connectivity index (χ3n) is 3.82. The van der Waals surface area contributed by atoms with Gasteiger partial charge in [-0.25, -0.2) is 8.42 Å². The molecule has 2 rings (SSSR count). The van der Waals surface area contributed by atoms with Gasteiger partial charge < -0.3 is 5.32 Å². The number of nitrogens with one attached hydrogen (secondary N) is 1. The fourth-order valence-corrected chi connectivity index (χ4v) is 4.04. The minimum atomic E-state index is -2.98. The van der Waals surface area contributed by atoms with Crippen LogP contribution in [0.5, 0.6) is 0 Å². The van der Waals surface area contributed by atoms with Crippen molar-refractivity contribution < 1.29 is 13.2 Å². The lowest BCUT2D eigenvalue weighted by atomic mass is 9.99. The highest BCUT2D eigenvalue weighted by Crippen LogP contribution is 2.15. The number of ketones is 1. The number of carbonyl (C=O) groups is 1. The number of hydrogen-bond donors (Lipinski definition) is 1. The highest BCUT2D eigenvalue weighted by molar-refractivity contribution is 7.91. The Bertz CT molecular complexity index is 590. The van der Waals surface area contributed by atoms with E-state index in [1.807, 2.05) is 12.1 Å². The van der Waals surface area contributed by atoms with E-state index in [9.17, 15) is 13.2 Å². The van der Waals surface area contributed by atoms with Crippen LogP contribution in [0, 0.1) is 0 Å². The van der Waals surface area contributed by atoms with E-state index in [1.54, 1.807) is 0 Å². The molecule has 1 fully saturated rings. The highest BCUT2D eigenvalue weighted by Gasteiger charge is 2.25. The third kappa shape index (κ3) is 4.93. The molecular formula is C16H23NO3S. The zero-order chi connectivity index (χ0) is 15.5. The molecule has 4 nitrogen and oxygen atoms in total. The molecule has 1 aromatic rings. The molecule has 0 spiro atoms. The molecule has 1 aliphatic heterocycles. The van der Waals surface area contributed by atoms with Crippen molar-refractivity contribution in [3.05, 3.63) is 35.4 Å². The molecule has 0 amide bonds. The van der Waals surface area contributed by atoms with Gasteiger partial charge in [-0.2, -0.15) is 0 Å². The Hall–Kier alpha value is -1.20. The van der Waals surface area contributed by atoms with Gasteiger partial charge in [0.1, 0.15) is 5.78 Å². The first kappa shape index (κ1) is 16.2. The molecule has 0 bridgehead atoms. The summed E-state index contributed by atoms with van der Waals surface area (Å²) in [6, 6.07) is 7.84. The van der Waals surface area contributed by atoms with E-state index in [1.165, 1.54) is 5.56 Å². The number of carbonyl (C=O) groups excluding carboxylic acids is 1. The molecule has 1 heterocycles. The van der Waals surface area contributed by atoms with Crippen molar-refractivity contribution in [1.82, 2.24) is 5.32 Å². The van der Waals surface area contributed by atoms with Crippen molar-refractivity contribution in [3.8, 4) is 0 Å². The topological polar surface area (TPSA) is 63.2 Å². The summed E-state index contributed by atoms with van der Waals surface area (Å²) in [5, 5.41) is 3.12. The number of Topliss-reactive ketones (excluding diaryl/α,β-unsaturated/α-hetero) is 1. The lowest BCUT2D eigenvalue weighted by Crippen LogP contribution is -2.46. The van der Waals surface area contributed by atoms with E-state index in [2.05, 4.69) is 31.3 Å². The van der Waals surface area contributed by atoms with Crippen LogP contribution in [0.3, 0.4) is 0 Å². The summed E-state index contributed by atoms with van der Waals surface area (Å²) in [6.07, 6.45) is 0.655. The van der Waals surface area contributed by atoms with Crippen molar-refractivity contribution in [1.29, 1.82) is 0 Å². The van der Waals surface area contributed by atoms with Crippen LogP contribution >= 0.6 is 0 Å². The number of hydrogen-bond acceptors (Lipinski definition) is 4. The van der Waals surface area contributed by atoms with Gasteiger partial charge >= 0.3 is 0 Å². The van der Waals surface area contributed by atoms with Crippen molar-refractivity contribution in [2.75, 3.05) is 18.1 Å². The third-order valence-corrected chi connectivity index (χ3v) is 5.56. The summed E-state index contributed by atoms with van der Waals surface area (Å²) in [6.45, 7) is 4.72. The van der Waals surface area contributed by atoms with Crippen molar-refractivity contribution >= 4 is 15.6 Å². The fourth-order valence-electron chi connectivity index (χ4n) is 2.59. The molecule has 1 atom stereocenters. The zero-order valence-electron chi connectivity index (χ0n) is 12.6. The minimum Gasteiger partial charge on any atom is -0.312 e. The summed E-state index contributed by atoms with van der Waals surface area (Å²) in [7, 11) is -2.98. The molecule has 0 aromatic heterocycles. The molecular weight excluding hydrogens is 286 g/mol. The van der Waals surface area contributed by atoms with Crippen LogP contribution in [0.15, 0.2) is 24.3 Å². The second-order valence-electron chi connectivity index (χ2n) is 6.08. The van der Waals surface area contributed by atoms with Gasteiger partial charge in [-0.05, 0) is 17.0 Å². The molecule has 5 heteroatoms. The molecule has 116 valence electrons. The van der Waals surface area contributed by atoms with Gasteiger partial charge in [0.15, 0.2) is 9.84 Å². The van der Waals surface area contributed by atoms with Crippen LogP contribution in [0.2, 0.25) is 0 Å². The summed E-state index contributed by atoms with van der Waals surface area (Å²) < 4.78 is 23.1. The van der Waals surface area contributed by atoms with Crippen LogP contribution in [0.25, 0.3) is 0 Å². The van der Waals surface area contributed by atoms with Crippen LogP contribution in [0.4, 0.5) is 0 Å². The number of sulfone groups is 1. The fraction of sp³-hybridized carbons (Fsp3) is 0.562. The Labute approximate surface area is 126 Å². The van der Waals surface area contributed by atoms with Gasteiger partial charge in [-0.15, -0.1) is 0 Å². The van der Waals surface area contributed by atoms with E-state index in [4.69, 9.17) is 0 Å². The SMILES string of the molecule is CC(C)c1ccc(CC(=O)CC2CS(=O)(=O)CCN2)cc1. The summed E-state index contributed by atoms with van der Waals surface area (Å²) >= 11 is 0. The Morgan fingerprint density at radius 3 is 2.52 bits per heavy atom. The van der Waals surface area contributed by atoms with E-state index in [0.29, 0.717) is 18.9 Å². The molecule has 1 aromatic carbocycles. The zero-order valence-corrected chi connectivity index (χ0v) is 13.4. The number of benzene rings is 1. The highest BCUT2D eigenvalue weighted by atomic mass is 32.2. The number of rotatable bonds is 5. The Balaban J connectivity index is 1.89. The molecule has 1 aliphatic rings. The predicted molar refractivity (Wildman–Crippen MR) is 84.3 cm³/mol. The Morgan fingerprint density at radius 1 is 1.29 bits per heavy atom. The molecule has 1 unspecified atom stereocenters. The second kappa shape index (κ2) is 6.71. The second-order valence-corrected chi connectivity index (χ2v) is 8.31. The van der Waals surface area contributed by atoms with E-state index < -0.39 is 9.84 Å². The van der Waals surface area contributed by atoms with Crippen LogP contribution in [-0.4, -0.2) is 38.3 Å². The Kier molecular flexibility index (Phi) is 5.17. The summed E-state index contributed by atoms with van der Waals surface area (Å²) in [5.41, 5.74) is 2.24. The summed E-state index contributed by atoms with van der Waals surface area (Å²) in [5.74, 6) is 0.813. The van der Waals surface area contributed by atoms with Gasteiger partial charge in [0.25, 0.3) is 0 Å². The molecule has 0 aliphatic carbocycles. The predicted octanol–water partition coefficient (Wildman–Crippen LogP) is 1.70. The van der Waals surface area contributed by atoms with Gasteiger partial charge in [-0.1, -0.05) is 38.1 Å². The summed E-state index contributed by atoms with van der Waals surface area (Å²) in [4.78, 5) is 12.1. The minimum absolute atomic E-state index is 0.0744. The average Bonchev–Trinajstić information content (AvgIpc) is 2.37. The van der Waals surface area contributed by atoms with E-state index in [0.717, 1.165) is 5.56 Å². The molecule has 1 N–H and O–H groups in total.